The molecule has 0 fully saturated rings. The molecule has 1 aliphatic rings. The van der Waals surface area contributed by atoms with Crippen LogP contribution in [0.5, 0.6) is 23.0 Å². The number of ether oxygens (including phenoxy) is 4. The van der Waals surface area contributed by atoms with Crippen molar-refractivity contribution in [2.24, 2.45) is 0 Å². The van der Waals surface area contributed by atoms with E-state index in [4.69, 9.17) is 18.9 Å². The molecule has 0 spiro atoms. The molecular formula is C22H23NO7. The Balaban J connectivity index is 2.24. The Morgan fingerprint density at radius 2 is 1.10 bits per heavy atom. The molecule has 1 heterocycles. The van der Waals surface area contributed by atoms with Gasteiger partial charge in [-0.2, -0.15) is 0 Å². The number of carbonyl (C=O) groups excluding carboxylic acids is 2. The van der Waals surface area contributed by atoms with E-state index in [1.54, 1.807) is 36.4 Å². The molecule has 8 heteroatoms. The smallest absolute Gasteiger partial charge is 0.262 e. The Kier molecular flexibility index (Phi) is 6.27. The van der Waals surface area contributed by atoms with Gasteiger partial charge in [0.1, 0.15) is 0 Å². The molecule has 0 atom stereocenters. The topological polar surface area (TPSA) is 94.5 Å². The van der Waals surface area contributed by atoms with Gasteiger partial charge in [0, 0.05) is 0 Å². The minimum absolute atomic E-state index is 0.106. The first-order valence-electron chi connectivity index (χ1n) is 9.16. The lowest BCUT2D eigenvalue weighted by atomic mass is 9.95. The Bertz CT molecular complexity index is 935. The fourth-order valence-corrected chi connectivity index (χ4v) is 3.40. The molecule has 0 unspecified atom stereocenters. The van der Waals surface area contributed by atoms with Crippen LogP contribution in [-0.4, -0.2) is 63.4 Å². The monoisotopic (exact) mass is 413 g/mol. The van der Waals surface area contributed by atoms with Gasteiger partial charge in [-0.25, -0.2) is 0 Å². The predicted octanol–water partition coefficient (Wildman–Crippen LogP) is 1.99. The molecule has 8 nitrogen and oxygen atoms in total. The molecule has 1 aliphatic heterocycles. The standard InChI is InChI=1S/C22H23NO7/c1-27-15-7-5-13(11-17(15)29-3)19-20(22(26)23(9-10-24)21(19)25)14-6-8-16(28-2)18(12-14)30-4/h5-8,11-12,24H,9-10H2,1-4H3. The van der Waals surface area contributed by atoms with Crippen LogP contribution in [0, 0.1) is 0 Å². The highest BCUT2D eigenvalue weighted by atomic mass is 16.5. The fraction of sp³-hybridized carbons (Fsp3) is 0.273. The van der Waals surface area contributed by atoms with Crippen molar-refractivity contribution in [2.45, 2.75) is 0 Å². The van der Waals surface area contributed by atoms with E-state index in [0.717, 1.165) is 4.90 Å². The van der Waals surface area contributed by atoms with E-state index in [0.29, 0.717) is 34.1 Å². The lowest BCUT2D eigenvalue weighted by Gasteiger charge is -2.14. The van der Waals surface area contributed by atoms with Crippen molar-refractivity contribution in [3.8, 4) is 23.0 Å². The van der Waals surface area contributed by atoms with Crippen LogP contribution in [0.25, 0.3) is 11.1 Å². The maximum atomic E-state index is 13.1. The van der Waals surface area contributed by atoms with E-state index in [2.05, 4.69) is 0 Å². The first-order chi connectivity index (χ1) is 14.5. The van der Waals surface area contributed by atoms with Gasteiger partial charge in [-0.15, -0.1) is 0 Å². The van der Waals surface area contributed by atoms with Gasteiger partial charge in [0.2, 0.25) is 0 Å². The average Bonchev–Trinajstić information content (AvgIpc) is 3.03. The fourth-order valence-electron chi connectivity index (χ4n) is 3.40. The molecule has 0 saturated carbocycles. The average molecular weight is 413 g/mol. The van der Waals surface area contributed by atoms with Gasteiger partial charge in [-0.1, -0.05) is 12.1 Å². The molecule has 0 aliphatic carbocycles. The Labute approximate surface area is 174 Å². The van der Waals surface area contributed by atoms with Crippen LogP contribution >= 0.6 is 0 Å². The summed E-state index contributed by atoms with van der Waals surface area (Å²) < 4.78 is 21.2. The predicted molar refractivity (Wildman–Crippen MR) is 110 cm³/mol. The normalized spacial score (nSPS) is 13.7. The van der Waals surface area contributed by atoms with Crippen LogP contribution in [0.2, 0.25) is 0 Å². The quantitative estimate of drug-likeness (QED) is 0.662. The number of aliphatic hydroxyl groups excluding tert-OH is 1. The van der Waals surface area contributed by atoms with Gasteiger partial charge >= 0.3 is 0 Å². The van der Waals surface area contributed by atoms with E-state index < -0.39 is 11.8 Å². The Morgan fingerprint density at radius 3 is 1.43 bits per heavy atom. The maximum absolute atomic E-state index is 13.1. The van der Waals surface area contributed by atoms with E-state index in [1.807, 2.05) is 0 Å². The van der Waals surface area contributed by atoms with Crippen LogP contribution in [-0.2, 0) is 9.59 Å². The number of carbonyl (C=O) groups is 2. The zero-order chi connectivity index (χ0) is 21.8. The minimum atomic E-state index is -0.494. The summed E-state index contributed by atoms with van der Waals surface area (Å²) >= 11 is 0. The number of hydrogen-bond acceptors (Lipinski definition) is 7. The highest BCUT2D eigenvalue weighted by Gasteiger charge is 2.39. The molecule has 30 heavy (non-hydrogen) atoms. The van der Waals surface area contributed by atoms with E-state index in [-0.39, 0.29) is 24.3 Å². The number of hydrogen-bond donors (Lipinski definition) is 1. The summed E-state index contributed by atoms with van der Waals surface area (Å²) in [4.78, 5) is 27.3. The van der Waals surface area contributed by atoms with Gasteiger partial charge in [0.05, 0.1) is 52.7 Å². The minimum Gasteiger partial charge on any atom is -0.493 e. The van der Waals surface area contributed by atoms with Crippen LogP contribution < -0.4 is 18.9 Å². The third kappa shape index (κ3) is 3.57. The number of imide groups is 1. The summed E-state index contributed by atoms with van der Waals surface area (Å²) in [6.07, 6.45) is 0. The molecule has 2 aromatic carbocycles. The number of β-amino-alcohol motifs (C(OH)–C–C–N with tert-alkyl or cyclic N) is 1. The Hall–Kier alpha value is -3.52. The number of aliphatic hydroxyl groups is 1. The van der Waals surface area contributed by atoms with Gasteiger partial charge in [-0.3, -0.25) is 14.5 Å². The summed E-state index contributed by atoms with van der Waals surface area (Å²) in [5.74, 6) is 0.860. The second-order valence-corrected chi connectivity index (χ2v) is 6.38. The highest BCUT2D eigenvalue weighted by Crippen LogP contribution is 2.40. The lowest BCUT2D eigenvalue weighted by Crippen LogP contribution is -2.34. The molecular weight excluding hydrogens is 390 g/mol. The molecule has 2 amide bonds. The molecule has 3 rings (SSSR count). The molecule has 0 saturated heterocycles. The molecule has 0 aromatic heterocycles. The molecule has 1 N–H and O–H groups in total. The van der Waals surface area contributed by atoms with Crippen molar-refractivity contribution < 1.29 is 33.6 Å². The lowest BCUT2D eigenvalue weighted by molar-refractivity contribution is -0.136. The zero-order valence-electron chi connectivity index (χ0n) is 17.2. The first kappa shape index (κ1) is 21.2. The van der Waals surface area contributed by atoms with Gasteiger partial charge in [0.15, 0.2) is 23.0 Å². The third-order valence-corrected chi connectivity index (χ3v) is 4.84. The largest absolute Gasteiger partial charge is 0.493 e. The number of rotatable bonds is 8. The number of amides is 2. The van der Waals surface area contributed by atoms with E-state index in [9.17, 15) is 14.7 Å². The van der Waals surface area contributed by atoms with Crippen molar-refractivity contribution in [3.05, 3.63) is 47.5 Å². The zero-order valence-corrected chi connectivity index (χ0v) is 17.2. The summed E-state index contributed by atoms with van der Waals surface area (Å²) in [5.41, 5.74) is 1.41. The Morgan fingerprint density at radius 1 is 0.700 bits per heavy atom. The maximum Gasteiger partial charge on any atom is 0.262 e. The first-order valence-corrected chi connectivity index (χ1v) is 9.16. The summed E-state index contributed by atoms with van der Waals surface area (Å²) in [6, 6.07) is 9.99. The number of methoxy groups -OCH3 is 4. The molecule has 2 aromatic rings. The second kappa shape index (κ2) is 8.87. The van der Waals surface area contributed by atoms with Crippen molar-refractivity contribution in [2.75, 3.05) is 41.6 Å². The SMILES string of the molecule is COc1ccc(C2=C(c3ccc(OC)c(OC)c3)C(=O)N(CCO)C2=O)cc1OC. The van der Waals surface area contributed by atoms with Crippen LogP contribution in [0.1, 0.15) is 11.1 Å². The van der Waals surface area contributed by atoms with Crippen LogP contribution in [0.4, 0.5) is 0 Å². The summed E-state index contributed by atoms with van der Waals surface area (Å²) in [6.45, 7) is -0.443. The van der Waals surface area contributed by atoms with Gasteiger partial charge < -0.3 is 24.1 Å². The molecule has 158 valence electrons. The summed E-state index contributed by atoms with van der Waals surface area (Å²) in [7, 11) is 6.01. The van der Waals surface area contributed by atoms with E-state index >= 15 is 0 Å². The number of benzene rings is 2. The third-order valence-electron chi connectivity index (χ3n) is 4.84. The van der Waals surface area contributed by atoms with E-state index in [1.165, 1.54) is 28.4 Å². The number of nitrogens with zero attached hydrogens (tertiary/aromatic N) is 1. The van der Waals surface area contributed by atoms with Crippen LogP contribution in [0.3, 0.4) is 0 Å². The molecule has 0 radical (unpaired) electrons. The van der Waals surface area contributed by atoms with Crippen molar-refractivity contribution >= 4 is 23.0 Å². The van der Waals surface area contributed by atoms with Crippen molar-refractivity contribution in [1.82, 2.24) is 4.90 Å². The second-order valence-electron chi connectivity index (χ2n) is 6.38. The van der Waals surface area contributed by atoms with Crippen molar-refractivity contribution in [3.63, 3.8) is 0 Å². The van der Waals surface area contributed by atoms with Gasteiger partial charge in [-0.05, 0) is 35.4 Å². The van der Waals surface area contributed by atoms with Crippen molar-refractivity contribution in [1.29, 1.82) is 0 Å². The molecule has 0 bridgehead atoms. The summed E-state index contributed by atoms with van der Waals surface area (Å²) in [5, 5.41) is 9.34. The highest BCUT2D eigenvalue weighted by molar-refractivity contribution is 6.49. The van der Waals surface area contributed by atoms with Gasteiger partial charge in [0.25, 0.3) is 11.8 Å². The van der Waals surface area contributed by atoms with Crippen LogP contribution in [0.15, 0.2) is 36.4 Å².